The van der Waals surface area contributed by atoms with Crippen LogP contribution in [0.25, 0.3) is 0 Å². The zero-order valence-electron chi connectivity index (χ0n) is 10.6. The van der Waals surface area contributed by atoms with E-state index in [4.69, 9.17) is 4.74 Å². The third-order valence-corrected chi connectivity index (χ3v) is 4.34. The molecule has 3 rings (SSSR count). The Hall–Kier alpha value is -1.97. The summed E-state index contributed by atoms with van der Waals surface area (Å²) in [6.07, 6.45) is 4.62. The van der Waals surface area contributed by atoms with Crippen LogP contribution in [0, 0.1) is 23.7 Å². The van der Waals surface area contributed by atoms with E-state index in [1.165, 1.54) is 7.11 Å². The second kappa shape index (κ2) is 4.02. The van der Waals surface area contributed by atoms with E-state index >= 15 is 0 Å². The zero-order valence-corrected chi connectivity index (χ0v) is 10.6. The fourth-order valence-corrected chi connectivity index (χ4v) is 3.16. The van der Waals surface area contributed by atoms with Gasteiger partial charge in [-0.15, -0.1) is 0 Å². The first-order chi connectivity index (χ1) is 9.08. The Kier molecular flexibility index (Phi) is 2.55. The number of carbonyl (C=O) groups is 3. The maximum atomic E-state index is 11.7. The summed E-state index contributed by atoms with van der Waals surface area (Å²) in [4.78, 5) is 34.4. The van der Waals surface area contributed by atoms with Crippen LogP contribution in [0.1, 0.15) is 6.42 Å². The molecule has 0 saturated heterocycles. The van der Waals surface area contributed by atoms with Crippen molar-refractivity contribution in [1.29, 1.82) is 0 Å². The summed E-state index contributed by atoms with van der Waals surface area (Å²) in [5.41, 5.74) is 1.72. The van der Waals surface area contributed by atoms with E-state index < -0.39 is 0 Å². The Balaban J connectivity index is 1.86. The molecule has 0 aliphatic heterocycles. The van der Waals surface area contributed by atoms with Gasteiger partial charge in [-0.05, 0) is 11.1 Å². The van der Waals surface area contributed by atoms with Crippen LogP contribution in [0.15, 0.2) is 35.6 Å². The van der Waals surface area contributed by atoms with Crippen molar-refractivity contribution in [2.45, 2.75) is 6.42 Å². The van der Waals surface area contributed by atoms with Crippen LogP contribution in [0.4, 0.5) is 0 Å². The minimum Gasteiger partial charge on any atom is -0.501 e. The zero-order chi connectivity index (χ0) is 13.7. The Bertz CT molecular complexity index is 567. The molecule has 0 radical (unpaired) electrons. The molecule has 0 bridgehead atoms. The van der Waals surface area contributed by atoms with Crippen molar-refractivity contribution in [3.8, 4) is 0 Å². The van der Waals surface area contributed by atoms with Gasteiger partial charge in [-0.2, -0.15) is 0 Å². The van der Waals surface area contributed by atoms with Gasteiger partial charge in [-0.25, -0.2) is 0 Å². The molecule has 1 fully saturated rings. The first-order valence-corrected chi connectivity index (χ1v) is 6.25. The Morgan fingerprint density at radius 2 is 2.05 bits per heavy atom. The molecule has 0 amide bonds. The van der Waals surface area contributed by atoms with Gasteiger partial charge in [-0.3, -0.25) is 9.59 Å². The predicted octanol–water partition coefficient (Wildman–Crippen LogP) is 1.23. The lowest BCUT2D eigenvalue weighted by Crippen LogP contribution is -2.37. The van der Waals surface area contributed by atoms with E-state index in [1.807, 2.05) is 12.2 Å². The number of hydrogen-bond acceptors (Lipinski definition) is 4. The topological polar surface area (TPSA) is 60.4 Å². The molecule has 4 unspecified atom stereocenters. The molecule has 3 aliphatic rings. The van der Waals surface area contributed by atoms with Gasteiger partial charge in [0.05, 0.1) is 37.0 Å². The van der Waals surface area contributed by atoms with Crippen molar-refractivity contribution in [2.24, 2.45) is 23.7 Å². The SMILES string of the molecule is C=C(OC)C1C=C(C2=CC3C(=O)CC(=O)C23)C1C=O. The van der Waals surface area contributed by atoms with Crippen LogP contribution in [0.5, 0.6) is 0 Å². The predicted molar refractivity (Wildman–Crippen MR) is 67.0 cm³/mol. The molecule has 98 valence electrons. The van der Waals surface area contributed by atoms with E-state index in [2.05, 4.69) is 6.58 Å². The molecule has 0 aromatic rings. The summed E-state index contributed by atoms with van der Waals surface area (Å²) in [6.45, 7) is 3.76. The maximum Gasteiger partial charge on any atom is 0.148 e. The van der Waals surface area contributed by atoms with Gasteiger partial charge in [0.15, 0.2) is 0 Å². The van der Waals surface area contributed by atoms with Crippen LogP contribution >= 0.6 is 0 Å². The van der Waals surface area contributed by atoms with Gasteiger partial charge in [-0.1, -0.05) is 18.7 Å². The van der Waals surface area contributed by atoms with E-state index in [1.54, 1.807) is 0 Å². The van der Waals surface area contributed by atoms with Gasteiger partial charge in [0.1, 0.15) is 17.9 Å². The molecule has 0 spiro atoms. The summed E-state index contributed by atoms with van der Waals surface area (Å²) < 4.78 is 5.05. The molecule has 0 aromatic carbocycles. The Morgan fingerprint density at radius 1 is 1.32 bits per heavy atom. The molecule has 0 N–H and O–H groups in total. The number of Topliss-reactive ketones (excluding diaryl/α,β-unsaturated/α-hetero) is 2. The Labute approximate surface area is 110 Å². The van der Waals surface area contributed by atoms with Gasteiger partial charge >= 0.3 is 0 Å². The monoisotopic (exact) mass is 258 g/mol. The van der Waals surface area contributed by atoms with Crippen molar-refractivity contribution < 1.29 is 19.1 Å². The molecule has 0 heterocycles. The first-order valence-electron chi connectivity index (χ1n) is 6.25. The fraction of sp³-hybridized carbons (Fsp3) is 0.400. The van der Waals surface area contributed by atoms with Crippen LogP contribution in [-0.4, -0.2) is 25.0 Å². The van der Waals surface area contributed by atoms with E-state index in [-0.39, 0.29) is 41.7 Å². The number of fused-ring (bicyclic) bond motifs is 1. The van der Waals surface area contributed by atoms with Crippen molar-refractivity contribution in [3.05, 3.63) is 35.6 Å². The highest BCUT2D eigenvalue weighted by Gasteiger charge is 2.52. The number of rotatable bonds is 4. The quantitative estimate of drug-likeness (QED) is 0.432. The molecule has 1 saturated carbocycles. The van der Waals surface area contributed by atoms with Gasteiger partial charge in [0, 0.05) is 5.92 Å². The van der Waals surface area contributed by atoms with Crippen LogP contribution in [0.2, 0.25) is 0 Å². The molecule has 3 aliphatic carbocycles. The average molecular weight is 258 g/mol. The second-order valence-corrected chi connectivity index (χ2v) is 5.21. The highest BCUT2D eigenvalue weighted by atomic mass is 16.5. The normalized spacial score (nSPS) is 35.6. The fourth-order valence-electron chi connectivity index (χ4n) is 3.16. The van der Waals surface area contributed by atoms with E-state index in [9.17, 15) is 14.4 Å². The minimum absolute atomic E-state index is 0.000761. The van der Waals surface area contributed by atoms with Crippen molar-refractivity contribution in [1.82, 2.24) is 0 Å². The minimum atomic E-state index is -0.307. The van der Waals surface area contributed by atoms with Crippen LogP contribution in [0.3, 0.4) is 0 Å². The number of methoxy groups -OCH3 is 1. The summed E-state index contributed by atoms with van der Waals surface area (Å²) in [5.74, 6) is -0.455. The van der Waals surface area contributed by atoms with E-state index in [0.29, 0.717) is 5.76 Å². The lowest BCUT2D eigenvalue weighted by Gasteiger charge is -2.40. The molecule has 0 aromatic heterocycles. The number of aldehydes is 1. The highest BCUT2D eigenvalue weighted by Crippen LogP contribution is 2.51. The number of ether oxygens (including phenoxy) is 1. The van der Waals surface area contributed by atoms with Crippen LogP contribution < -0.4 is 0 Å². The molecule has 19 heavy (non-hydrogen) atoms. The summed E-state index contributed by atoms with van der Waals surface area (Å²) in [6, 6.07) is 0. The average Bonchev–Trinajstić information content (AvgIpc) is 2.52. The van der Waals surface area contributed by atoms with Gasteiger partial charge < -0.3 is 9.53 Å². The standard InChI is InChI=1S/C15H14O4/c1-7(19-2)8-3-9(12(8)6-16)10-4-11-13(17)5-14(18)15(10)11/h3-4,6,8,11-12,15H,1,5H2,2H3. The lowest BCUT2D eigenvalue weighted by molar-refractivity contribution is -0.122. The molecule has 4 nitrogen and oxygen atoms in total. The molecule has 4 atom stereocenters. The van der Waals surface area contributed by atoms with Crippen molar-refractivity contribution in [3.63, 3.8) is 0 Å². The summed E-state index contributed by atoms with van der Waals surface area (Å²) in [5, 5.41) is 0. The summed E-state index contributed by atoms with van der Waals surface area (Å²) >= 11 is 0. The highest BCUT2D eigenvalue weighted by molar-refractivity contribution is 6.13. The largest absolute Gasteiger partial charge is 0.501 e. The van der Waals surface area contributed by atoms with Crippen LogP contribution in [-0.2, 0) is 19.1 Å². The second-order valence-electron chi connectivity index (χ2n) is 5.21. The van der Waals surface area contributed by atoms with E-state index in [0.717, 1.165) is 17.4 Å². The van der Waals surface area contributed by atoms with Crippen molar-refractivity contribution in [2.75, 3.05) is 7.11 Å². The smallest absolute Gasteiger partial charge is 0.148 e. The maximum absolute atomic E-state index is 11.7. The number of hydrogen-bond donors (Lipinski definition) is 0. The lowest BCUT2D eigenvalue weighted by atomic mass is 9.63. The summed E-state index contributed by atoms with van der Waals surface area (Å²) in [7, 11) is 1.52. The van der Waals surface area contributed by atoms with Crippen molar-refractivity contribution >= 4 is 17.9 Å². The third kappa shape index (κ3) is 1.49. The Morgan fingerprint density at radius 3 is 2.63 bits per heavy atom. The number of ketones is 2. The van der Waals surface area contributed by atoms with Gasteiger partial charge in [0.25, 0.3) is 0 Å². The molecular weight excluding hydrogens is 244 g/mol. The molecular formula is C15H14O4. The third-order valence-electron chi connectivity index (χ3n) is 4.34. The van der Waals surface area contributed by atoms with Gasteiger partial charge in [0.2, 0.25) is 0 Å². The number of carbonyl (C=O) groups excluding carboxylic acids is 3. The number of allylic oxidation sites excluding steroid dienone is 4. The first kappa shape index (κ1) is 12.1. The molecule has 4 heteroatoms.